The van der Waals surface area contributed by atoms with Crippen LogP contribution in [0.3, 0.4) is 0 Å². The number of benzene rings is 1. The molecule has 9 heteroatoms. The highest BCUT2D eigenvalue weighted by molar-refractivity contribution is 7.10. The van der Waals surface area contributed by atoms with E-state index in [4.69, 9.17) is 11.6 Å². The zero-order chi connectivity index (χ0) is 19.6. The van der Waals surface area contributed by atoms with Gasteiger partial charge in [0.05, 0.1) is 21.2 Å². The molecule has 2 heterocycles. The minimum atomic E-state index is -0.558. The summed E-state index contributed by atoms with van der Waals surface area (Å²) >= 11 is 7.63. The molecule has 3 aromatic rings. The molecule has 7 nitrogen and oxygen atoms in total. The normalized spacial score (nSPS) is 12.0. The Morgan fingerprint density at radius 2 is 2.15 bits per heavy atom. The van der Waals surface area contributed by atoms with Crippen molar-refractivity contribution < 1.29 is 9.72 Å². The lowest BCUT2D eigenvalue weighted by Gasteiger charge is -2.19. The number of thiophene rings is 1. The summed E-state index contributed by atoms with van der Waals surface area (Å²) < 4.78 is 1.87. The number of aryl methyl sites for hydroxylation is 2. The first-order valence-corrected chi connectivity index (χ1v) is 9.41. The van der Waals surface area contributed by atoms with E-state index in [0.717, 1.165) is 16.3 Å². The number of nitro groups is 1. The van der Waals surface area contributed by atoms with Gasteiger partial charge in [0.1, 0.15) is 6.04 Å². The lowest BCUT2D eigenvalue weighted by atomic mass is 10.1. The Balaban J connectivity index is 1.84. The van der Waals surface area contributed by atoms with Crippen LogP contribution in [0.5, 0.6) is 0 Å². The van der Waals surface area contributed by atoms with Crippen LogP contribution in [0, 0.1) is 24.0 Å². The summed E-state index contributed by atoms with van der Waals surface area (Å²) in [7, 11) is 0. The van der Waals surface area contributed by atoms with E-state index in [1.165, 1.54) is 18.2 Å². The van der Waals surface area contributed by atoms with Gasteiger partial charge in [-0.1, -0.05) is 17.7 Å². The van der Waals surface area contributed by atoms with E-state index in [0.29, 0.717) is 0 Å². The van der Waals surface area contributed by atoms with Gasteiger partial charge in [-0.15, -0.1) is 11.3 Å². The molecule has 1 N–H and O–H groups in total. The monoisotopic (exact) mass is 404 g/mol. The molecule has 1 amide bonds. The topological polar surface area (TPSA) is 90.1 Å². The van der Waals surface area contributed by atoms with Gasteiger partial charge in [0, 0.05) is 29.2 Å². The Morgan fingerprint density at radius 3 is 2.74 bits per heavy atom. The summed E-state index contributed by atoms with van der Waals surface area (Å²) in [5, 5.41) is 20.4. The molecular weight excluding hydrogens is 388 g/mol. The Labute approximate surface area is 164 Å². The van der Waals surface area contributed by atoms with Gasteiger partial charge in [-0.25, -0.2) is 0 Å². The highest BCUT2D eigenvalue weighted by Crippen LogP contribution is 2.25. The van der Waals surface area contributed by atoms with Crippen LogP contribution in [0.2, 0.25) is 5.02 Å². The number of nitro benzene ring substituents is 1. The summed E-state index contributed by atoms with van der Waals surface area (Å²) in [5.41, 5.74) is 1.76. The molecule has 2 aromatic heterocycles. The predicted octanol–water partition coefficient (Wildman–Crippen LogP) is 4.14. The fourth-order valence-electron chi connectivity index (χ4n) is 2.84. The largest absolute Gasteiger partial charge is 0.349 e. The maximum Gasteiger partial charge on any atom is 0.270 e. The van der Waals surface area contributed by atoms with Gasteiger partial charge < -0.3 is 5.32 Å². The van der Waals surface area contributed by atoms with Gasteiger partial charge in [-0.3, -0.25) is 19.6 Å². The zero-order valence-electron chi connectivity index (χ0n) is 14.7. The Kier molecular flexibility index (Phi) is 5.57. The predicted molar refractivity (Wildman–Crippen MR) is 105 cm³/mol. The second kappa shape index (κ2) is 7.89. The molecule has 0 aliphatic rings. The molecule has 0 bridgehead atoms. The van der Waals surface area contributed by atoms with Crippen LogP contribution >= 0.6 is 22.9 Å². The zero-order valence-corrected chi connectivity index (χ0v) is 16.3. The Bertz CT molecular complexity index is 985. The summed E-state index contributed by atoms with van der Waals surface area (Å²) in [4.78, 5) is 24.0. The molecule has 0 saturated carbocycles. The van der Waals surface area contributed by atoms with Crippen molar-refractivity contribution in [3.05, 3.63) is 78.7 Å². The molecule has 0 fully saturated rings. The highest BCUT2D eigenvalue weighted by atomic mass is 35.5. The van der Waals surface area contributed by atoms with Crippen molar-refractivity contribution in [3.63, 3.8) is 0 Å². The van der Waals surface area contributed by atoms with Crippen LogP contribution in [-0.2, 0) is 0 Å². The number of rotatable bonds is 6. The van der Waals surface area contributed by atoms with Crippen LogP contribution in [-0.4, -0.2) is 27.2 Å². The number of halogens is 1. The van der Waals surface area contributed by atoms with Gasteiger partial charge >= 0.3 is 0 Å². The second-order valence-corrected chi connectivity index (χ2v) is 7.42. The number of amides is 1. The van der Waals surface area contributed by atoms with Crippen LogP contribution in [0.25, 0.3) is 0 Å². The number of carbonyl (C=O) groups is 1. The molecule has 27 heavy (non-hydrogen) atoms. The third-order valence-electron chi connectivity index (χ3n) is 4.07. The van der Waals surface area contributed by atoms with Crippen molar-refractivity contribution in [3.8, 4) is 0 Å². The molecule has 1 unspecified atom stereocenters. The fraction of sp³-hybridized carbons (Fsp3) is 0.222. The third kappa shape index (κ3) is 4.17. The average molecular weight is 405 g/mol. The van der Waals surface area contributed by atoms with Gasteiger partial charge in [0.15, 0.2) is 0 Å². The smallest absolute Gasteiger partial charge is 0.270 e. The fourth-order valence-corrected chi connectivity index (χ4v) is 3.85. The number of aromatic nitrogens is 2. The average Bonchev–Trinajstić information content (AvgIpc) is 3.25. The van der Waals surface area contributed by atoms with Gasteiger partial charge in [0.25, 0.3) is 11.6 Å². The first-order valence-electron chi connectivity index (χ1n) is 8.15. The van der Waals surface area contributed by atoms with E-state index >= 15 is 0 Å². The van der Waals surface area contributed by atoms with Crippen LogP contribution in [0.4, 0.5) is 5.69 Å². The number of carbonyl (C=O) groups excluding carboxylic acids is 1. The van der Waals surface area contributed by atoms with E-state index in [1.807, 2.05) is 42.1 Å². The first-order chi connectivity index (χ1) is 12.9. The maximum atomic E-state index is 12.6. The first kappa shape index (κ1) is 19.1. The lowest BCUT2D eigenvalue weighted by molar-refractivity contribution is -0.384. The number of hydrogen-bond acceptors (Lipinski definition) is 5. The van der Waals surface area contributed by atoms with Crippen LogP contribution in [0.1, 0.15) is 32.7 Å². The van der Waals surface area contributed by atoms with Crippen molar-refractivity contribution in [2.45, 2.75) is 19.9 Å². The maximum absolute atomic E-state index is 12.6. The van der Waals surface area contributed by atoms with Crippen molar-refractivity contribution >= 4 is 34.5 Å². The SMILES string of the molecule is Cc1cc(C)n(C(CNC(=O)c2cc([N+](=O)[O-])ccc2Cl)c2cccs2)n1. The highest BCUT2D eigenvalue weighted by Gasteiger charge is 2.21. The second-order valence-electron chi connectivity index (χ2n) is 6.03. The number of nitrogens with zero attached hydrogens (tertiary/aromatic N) is 3. The summed E-state index contributed by atoms with van der Waals surface area (Å²) in [6.07, 6.45) is 0. The van der Waals surface area contributed by atoms with Crippen molar-refractivity contribution in [2.24, 2.45) is 0 Å². The molecule has 0 spiro atoms. The third-order valence-corrected chi connectivity index (χ3v) is 5.38. The number of non-ortho nitro benzene ring substituents is 1. The van der Waals surface area contributed by atoms with Crippen molar-refractivity contribution in [2.75, 3.05) is 6.54 Å². The van der Waals surface area contributed by atoms with Gasteiger partial charge in [-0.2, -0.15) is 5.10 Å². The minimum absolute atomic E-state index is 0.0733. The van der Waals surface area contributed by atoms with Crippen LogP contribution in [0.15, 0.2) is 41.8 Å². The molecule has 140 valence electrons. The van der Waals surface area contributed by atoms with Crippen LogP contribution < -0.4 is 5.32 Å². The number of nitrogens with one attached hydrogen (secondary N) is 1. The van der Waals surface area contributed by atoms with E-state index in [-0.39, 0.29) is 28.9 Å². The summed E-state index contributed by atoms with van der Waals surface area (Å²) in [6.45, 7) is 4.15. The molecule has 3 rings (SSSR count). The standard InChI is InChI=1S/C18H17ClN4O3S/c1-11-8-12(2)22(21-11)16(17-4-3-7-27-17)10-20-18(24)14-9-13(23(25)26)5-6-15(14)19/h3-9,16H,10H2,1-2H3,(H,20,24). The van der Waals surface area contributed by atoms with E-state index in [1.54, 1.807) is 11.3 Å². The van der Waals surface area contributed by atoms with E-state index in [9.17, 15) is 14.9 Å². The summed E-state index contributed by atoms with van der Waals surface area (Å²) in [6, 6.07) is 9.52. The molecule has 0 saturated heterocycles. The molecule has 0 radical (unpaired) electrons. The molecule has 0 aliphatic carbocycles. The quantitative estimate of drug-likeness (QED) is 0.493. The minimum Gasteiger partial charge on any atom is -0.349 e. The van der Waals surface area contributed by atoms with Gasteiger partial charge in [0.2, 0.25) is 0 Å². The van der Waals surface area contributed by atoms with Crippen molar-refractivity contribution in [1.29, 1.82) is 0 Å². The molecule has 0 aliphatic heterocycles. The molecule has 1 atom stereocenters. The van der Waals surface area contributed by atoms with Crippen molar-refractivity contribution in [1.82, 2.24) is 15.1 Å². The molecule has 1 aromatic carbocycles. The van der Waals surface area contributed by atoms with E-state index in [2.05, 4.69) is 10.4 Å². The number of hydrogen-bond donors (Lipinski definition) is 1. The Hall–Kier alpha value is -2.71. The summed E-state index contributed by atoms with van der Waals surface area (Å²) in [5.74, 6) is -0.466. The lowest BCUT2D eigenvalue weighted by Crippen LogP contribution is -2.32. The molecular formula is C18H17ClN4O3S. The van der Waals surface area contributed by atoms with E-state index < -0.39 is 10.8 Å². The Morgan fingerprint density at radius 1 is 1.37 bits per heavy atom. The van der Waals surface area contributed by atoms with Gasteiger partial charge in [-0.05, 0) is 37.4 Å².